The molecule has 3 aromatic rings. The van der Waals surface area contributed by atoms with Crippen LogP contribution in [0.25, 0.3) is 11.0 Å². The Balaban J connectivity index is 1.68. The van der Waals surface area contributed by atoms with Crippen molar-refractivity contribution >= 4 is 11.0 Å². The van der Waals surface area contributed by atoms with Gasteiger partial charge in [-0.3, -0.25) is 0 Å². The largest absolute Gasteiger partial charge is 0.461 e. The van der Waals surface area contributed by atoms with Gasteiger partial charge in [-0.05, 0) is 43.5 Å². The van der Waals surface area contributed by atoms with Gasteiger partial charge in [-0.2, -0.15) is 5.26 Å². The number of ether oxygens (including phenoxy) is 1. The maximum Gasteiger partial charge on any atom is 0.219 e. The van der Waals surface area contributed by atoms with Crippen LogP contribution < -0.4 is 4.74 Å². The van der Waals surface area contributed by atoms with Gasteiger partial charge in [0.1, 0.15) is 23.2 Å². The zero-order valence-corrected chi connectivity index (χ0v) is 12.0. The Kier molecular flexibility index (Phi) is 3.05. The van der Waals surface area contributed by atoms with E-state index in [-0.39, 0.29) is 0 Å². The molecular formula is C18H14N2O2. The topological polar surface area (TPSA) is 59.0 Å². The normalized spacial score (nSPS) is 13.6. The molecule has 4 rings (SSSR count). The monoisotopic (exact) mass is 290 g/mol. The number of furan rings is 1. The number of nitriles is 1. The molecule has 0 atom stereocenters. The molecule has 0 saturated heterocycles. The average molecular weight is 290 g/mol. The lowest BCUT2D eigenvalue weighted by atomic mass is 9.96. The van der Waals surface area contributed by atoms with Crippen LogP contribution in [0.3, 0.4) is 0 Å². The minimum atomic E-state index is 0.482. The van der Waals surface area contributed by atoms with Gasteiger partial charge in [-0.1, -0.05) is 0 Å². The third-order valence-electron chi connectivity index (χ3n) is 4.01. The number of aromatic nitrogens is 1. The third kappa shape index (κ3) is 2.21. The second kappa shape index (κ2) is 5.19. The Morgan fingerprint density at radius 2 is 2.05 bits per heavy atom. The molecule has 0 N–H and O–H groups in total. The molecule has 2 aromatic heterocycles. The molecule has 22 heavy (non-hydrogen) atoms. The SMILES string of the molecule is N#Cc1ccc(Oc2ccc3oc4c(c3c2)CCCC4)nc1. The zero-order chi connectivity index (χ0) is 14.9. The van der Waals surface area contributed by atoms with Crippen LogP contribution in [-0.4, -0.2) is 4.98 Å². The van der Waals surface area contributed by atoms with Crippen LogP contribution >= 0.6 is 0 Å². The number of hydrogen-bond acceptors (Lipinski definition) is 4. The van der Waals surface area contributed by atoms with Crippen molar-refractivity contribution in [1.29, 1.82) is 5.26 Å². The van der Waals surface area contributed by atoms with E-state index < -0.39 is 0 Å². The summed E-state index contributed by atoms with van der Waals surface area (Å²) in [5, 5.41) is 9.92. The molecule has 4 nitrogen and oxygen atoms in total. The molecule has 4 heteroatoms. The lowest BCUT2D eigenvalue weighted by Gasteiger charge is -2.09. The quantitative estimate of drug-likeness (QED) is 0.703. The van der Waals surface area contributed by atoms with Crippen LogP contribution in [0.2, 0.25) is 0 Å². The number of aryl methyl sites for hydroxylation is 2. The highest BCUT2D eigenvalue weighted by Gasteiger charge is 2.18. The first-order valence-corrected chi connectivity index (χ1v) is 7.42. The van der Waals surface area contributed by atoms with Crippen LogP contribution in [0, 0.1) is 11.3 Å². The average Bonchev–Trinajstić information content (AvgIpc) is 2.94. The number of hydrogen-bond donors (Lipinski definition) is 0. The smallest absolute Gasteiger partial charge is 0.219 e. The van der Waals surface area contributed by atoms with Gasteiger partial charge in [0, 0.05) is 29.6 Å². The number of benzene rings is 1. The maximum atomic E-state index is 8.78. The van der Waals surface area contributed by atoms with Crippen LogP contribution in [0.5, 0.6) is 11.6 Å². The van der Waals surface area contributed by atoms with Crippen LogP contribution in [0.1, 0.15) is 29.7 Å². The number of fused-ring (bicyclic) bond motifs is 3. The van der Waals surface area contributed by atoms with Gasteiger partial charge in [-0.15, -0.1) is 0 Å². The first-order chi connectivity index (χ1) is 10.8. The fraction of sp³-hybridized carbons (Fsp3) is 0.222. The maximum absolute atomic E-state index is 8.78. The molecule has 0 radical (unpaired) electrons. The minimum Gasteiger partial charge on any atom is -0.461 e. The van der Waals surface area contributed by atoms with Crippen molar-refractivity contribution in [2.24, 2.45) is 0 Å². The van der Waals surface area contributed by atoms with Gasteiger partial charge < -0.3 is 9.15 Å². The van der Waals surface area contributed by atoms with Crippen molar-refractivity contribution in [2.45, 2.75) is 25.7 Å². The van der Waals surface area contributed by atoms with Crippen molar-refractivity contribution < 1.29 is 9.15 Å². The van der Waals surface area contributed by atoms with Gasteiger partial charge in [0.25, 0.3) is 0 Å². The van der Waals surface area contributed by atoms with Crippen LogP contribution in [0.15, 0.2) is 40.9 Å². The Morgan fingerprint density at radius 3 is 2.86 bits per heavy atom. The van der Waals surface area contributed by atoms with Crippen LogP contribution in [-0.2, 0) is 12.8 Å². The summed E-state index contributed by atoms with van der Waals surface area (Å²) in [6, 6.07) is 11.3. The second-order valence-corrected chi connectivity index (χ2v) is 5.47. The molecule has 108 valence electrons. The molecule has 0 spiro atoms. The van der Waals surface area contributed by atoms with Crippen molar-refractivity contribution in [3.8, 4) is 17.7 Å². The van der Waals surface area contributed by atoms with E-state index >= 15 is 0 Å². The molecule has 0 unspecified atom stereocenters. The highest BCUT2D eigenvalue weighted by atomic mass is 16.5. The lowest BCUT2D eigenvalue weighted by Crippen LogP contribution is -1.98. The van der Waals surface area contributed by atoms with E-state index in [0.717, 1.165) is 35.3 Å². The van der Waals surface area contributed by atoms with Crippen LogP contribution in [0.4, 0.5) is 0 Å². The molecule has 1 aliphatic rings. The first kappa shape index (κ1) is 12.9. The summed E-state index contributed by atoms with van der Waals surface area (Å²) in [5.41, 5.74) is 2.76. The van der Waals surface area contributed by atoms with Gasteiger partial charge in [0.15, 0.2) is 0 Å². The molecule has 1 aliphatic carbocycles. The fourth-order valence-electron chi connectivity index (χ4n) is 2.93. The Morgan fingerprint density at radius 1 is 1.14 bits per heavy atom. The summed E-state index contributed by atoms with van der Waals surface area (Å²) in [4.78, 5) is 4.13. The van der Waals surface area contributed by atoms with Crippen molar-refractivity contribution in [2.75, 3.05) is 0 Å². The van der Waals surface area contributed by atoms with E-state index in [1.54, 1.807) is 12.1 Å². The van der Waals surface area contributed by atoms with E-state index in [1.807, 2.05) is 24.3 Å². The fourth-order valence-corrected chi connectivity index (χ4v) is 2.93. The number of pyridine rings is 1. The van der Waals surface area contributed by atoms with E-state index in [4.69, 9.17) is 14.4 Å². The number of nitrogens with zero attached hydrogens (tertiary/aromatic N) is 2. The van der Waals surface area contributed by atoms with Gasteiger partial charge in [0.2, 0.25) is 5.88 Å². The second-order valence-electron chi connectivity index (χ2n) is 5.47. The molecule has 0 fully saturated rings. The molecule has 1 aromatic carbocycles. The Labute approximate surface area is 128 Å². The van der Waals surface area contributed by atoms with E-state index in [2.05, 4.69) is 4.98 Å². The van der Waals surface area contributed by atoms with Gasteiger partial charge in [0.05, 0.1) is 5.56 Å². The van der Waals surface area contributed by atoms with Crippen molar-refractivity contribution in [3.63, 3.8) is 0 Å². The minimum absolute atomic E-state index is 0.482. The van der Waals surface area contributed by atoms with E-state index in [9.17, 15) is 0 Å². The molecule has 0 aliphatic heterocycles. The molecule has 2 heterocycles. The van der Waals surface area contributed by atoms with Crippen molar-refractivity contribution in [3.05, 3.63) is 53.4 Å². The molecular weight excluding hydrogens is 276 g/mol. The molecule has 0 saturated carbocycles. The number of rotatable bonds is 2. The van der Waals surface area contributed by atoms with E-state index in [0.29, 0.717) is 11.4 Å². The lowest BCUT2D eigenvalue weighted by molar-refractivity contribution is 0.463. The summed E-state index contributed by atoms with van der Waals surface area (Å²) in [7, 11) is 0. The van der Waals surface area contributed by atoms with E-state index in [1.165, 1.54) is 24.6 Å². The standard InChI is InChI=1S/C18H14N2O2/c19-10-12-5-8-18(20-11-12)21-13-6-7-17-15(9-13)14-3-1-2-4-16(14)22-17/h5-9,11H,1-4H2. The summed E-state index contributed by atoms with van der Waals surface area (Å²) in [6.07, 6.45) is 6.01. The highest BCUT2D eigenvalue weighted by Crippen LogP contribution is 2.34. The molecule has 0 amide bonds. The molecule has 0 bridgehead atoms. The highest BCUT2D eigenvalue weighted by molar-refractivity contribution is 5.84. The predicted octanol–water partition coefficient (Wildman–Crippen LogP) is 4.37. The Hall–Kier alpha value is -2.80. The summed E-state index contributed by atoms with van der Waals surface area (Å²) in [6.45, 7) is 0. The summed E-state index contributed by atoms with van der Waals surface area (Å²) >= 11 is 0. The Bertz CT molecular complexity index is 872. The van der Waals surface area contributed by atoms with Crippen molar-refractivity contribution in [1.82, 2.24) is 4.98 Å². The summed E-state index contributed by atoms with van der Waals surface area (Å²) in [5.74, 6) is 2.34. The predicted molar refractivity (Wildman–Crippen MR) is 81.9 cm³/mol. The van der Waals surface area contributed by atoms with Gasteiger partial charge in [-0.25, -0.2) is 4.98 Å². The summed E-state index contributed by atoms with van der Waals surface area (Å²) < 4.78 is 11.7. The van der Waals surface area contributed by atoms with Gasteiger partial charge >= 0.3 is 0 Å². The first-order valence-electron chi connectivity index (χ1n) is 7.42. The zero-order valence-electron chi connectivity index (χ0n) is 12.0. The third-order valence-corrected chi connectivity index (χ3v) is 4.01.